The van der Waals surface area contributed by atoms with Crippen LogP contribution in [0.25, 0.3) is 0 Å². The highest BCUT2D eigenvalue weighted by molar-refractivity contribution is 6.63. The summed E-state index contributed by atoms with van der Waals surface area (Å²) in [5.74, 6) is 0.0958. The predicted octanol–water partition coefficient (Wildman–Crippen LogP) is 8.56. The molecule has 0 heterocycles. The lowest BCUT2D eigenvalue weighted by atomic mass is 10.0. The molecule has 0 aliphatic rings. The SMILES string of the molecule is CCC(CCCC(=O)CCCC(CC)[Si](OC(C)OC(C)OC)(OC(C)OC(C)OC)OC(C)OC(C)OC)[Si](OC(C)OC(C)OC)(OC(C)OC(C)OC)OC(C)OC(C)OC. The third-order valence-corrected chi connectivity index (χ3v) is 17.6. The Hall–Kier alpha value is -0.616. The first-order valence-electron chi connectivity index (χ1n) is 22.8. The van der Waals surface area contributed by atoms with Gasteiger partial charge in [-0.15, -0.1) is 0 Å². The fourth-order valence-corrected chi connectivity index (χ4v) is 13.4. The smallest absolute Gasteiger partial charge is 0.356 e. The molecule has 0 rings (SSSR count). The summed E-state index contributed by atoms with van der Waals surface area (Å²) in [4.78, 5) is 13.7. The van der Waals surface area contributed by atoms with Crippen LogP contribution in [0.1, 0.15) is 148 Å². The number of hydrogen-bond acceptors (Lipinski definition) is 19. The summed E-state index contributed by atoms with van der Waals surface area (Å²) in [5.41, 5.74) is -0.584. The van der Waals surface area contributed by atoms with E-state index in [1.54, 1.807) is 126 Å². The van der Waals surface area contributed by atoms with Gasteiger partial charge in [0.05, 0.1) is 0 Å². The Morgan fingerprint density at radius 3 is 0.688 bits per heavy atom. The van der Waals surface area contributed by atoms with E-state index in [1.165, 1.54) is 0 Å². The quantitative estimate of drug-likeness (QED) is 0.0418. The fraction of sp³-hybridized carbons (Fsp3) is 0.977. The second kappa shape index (κ2) is 34.6. The van der Waals surface area contributed by atoms with E-state index >= 15 is 0 Å². The average Bonchev–Trinajstić information content (AvgIpc) is 3.22. The maximum atomic E-state index is 13.7. The molecule has 0 aliphatic carbocycles. The second-order valence-corrected chi connectivity index (χ2v) is 21.0. The topological polar surface area (TPSA) is 183 Å². The van der Waals surface area contributed by atoms with Gasteiger partial charge >= 0.3 is 17.6 Å². The van der Waals surface area contributed by atoms with Gasteiger partial charge in [-0.1, -0.05) is 13.8 Å². The van der Waals surface area contributed by atoms with Crippen molar-refractivity contribution in [3.8, 4) is 0 Å². The Morgan fingerprint density at radius 1 is 0.344 bits per heavy atom. The Bertz CT molecular complexity index is 981. The number of Topliss-reactive ketones (excluding diaryl/α,β-unsaturated/α-hetero) is 1. The van der Waals surface area contributed by atoms with Gasteiger partial charge in [0.1, 0.15) is 5.78 Å². The summed E-state index contributed by atoms with van der Waals surface area (Å²) in [6.45, 7) is 25.2. The van der Waals surface area contributed by atoms with Crippen molar-refractivity contribution in [2.75, 3.05) is 42.7 Å². The zero-order valence-electron chi connectivity index (χ0n) is 43.0. The maximum absolute atomic E-state index is 13.7. The molecule has 0 spiro atoms. The minimum absolute atomic E-state index is 0.0958. The maximum Gasteiger partial charge on any atom is 0.510 e. The van der Waals surface area contributed by atoms with Gasteiger partial charge in [-0.25, -0.2) is 0 Å². The van der Waals surface area contributed by atoms with Crippen LogP contribution < -0.4 is 0 Å². The van der Waals surface area contributed by atoms with Crippen LogP contribution in [0.2, 0.25) is 11.1 Å². The summed E-state index contributed by atoms with van der Waals surface area (Å²) >= 11 is 0. The normalized spacial score (nSPS) is 20.9. The van der Waals surface area contributed by atoms with E-state index in [4.69, 9.17) is 83.4 Å². The van der Waals surface area contributed by atoms with Crippen LogP contribution in [0, 0.1) is 0 Å². The van der Waals surface area contributed by atoms with Crippen molar-refractivity contribution in [1.29, 1.82) is 0 Å². The van der Waals surface area contributed by atoms with Crippen molar-refractivity contribution >= 4 is 23.4 Å². The second-order valence-electron chi connectivity index (χ2n) is 15.5. The Kier molecular flexibility index (Phi) is 34.3. The molecule has 0 amide bonds. The van der Waals surface area contributed by atoms with Crippen LogP contribution in [-0.2, 0) is 88.2 Å². The lowest BCUT2D eigenvalue weighted by Crippen LogP contribution is -2.56. The fourth-order valence-electron chi connectivity index (χ4n) is 6.73. The molecule has 64 heavy (non-hydrogen) atoms. The van der Waals surface area contributed by atoms with Gasteiger partial charge < -0.3 is 83.4 Å². The number of hydrogen-bond donors (Lipinski definition) is 0. The van der Waals surface area contributed by atoms with Gasteiger partial charge in [-0.2, -0.15) is 0 Å². The molecule has 0 radical (unpaired) electrons. The predicted molar refractivity (Wildman–Crippen MR) is 241 cm³/mol. The van der Waals surface area contributed by atoms with E-state index < -0.39 is 93.1 Å². The van der Waals surface area contributed by atoms with Gasteiger partial charge in [-0.05, 0) is 122 Å². The molecule has 0 saturated heterocycles. The minimum Gasteiger partial charge on any atom is -0.356 e. The van der Waals surface area contributed by atoms with Gasteiger partial charge in [0.15, 0.2) is 75.5 Å². The Balaban J connectivity index is 6.55. The lowest BCUT2D eigenvalue weighted by Gasteiger charge is -2.41. The zero-order valence-corrected chi connectivity index (χ0v) is 45.0. The Labute approximate surface area is 388 Å². The molecule has 0 fully saturated rings. The summed E-state index contributed by atoms with van der Waals surface area (Å²) in [6, 6.07) is 0. The number of carbonyl (C=O) groups is 1. The van der Waals surface area contributed by atoms with Crippen molar-refractivity contribution < 1.29 is 88.2 Å². The van der Waals surface area contributed by atoms with E-state index in [2.05, 4.69) is 0 Å². The largest absolute Gasteiger partial charge is 0.510 e. The number of rotatable bonds is 42. The molecule has 0 aliphatic heterocycles. The zero-order chi connectivity index (χ0) is 49.0. The van der Waals surface area contributed by atoms with Crippen LogP contribution in [0.3, 0.4) is 0 Å². The van der Waals surface area contributed by atoms with Crippen molar-refractivity contribution in [1.82, 2.24) is 0 Å². The molecule has 0 aromatic carbocycles. The van der Waals surface area contributed by atoms with Gasteiger partial charge in [0.2, 0.25) is 0 Å². The van der Waals surface area contributed by atoms with Crippen LogP contribution in [-0.4, -0.2) is 142 Å². The third-order valence-electron chi connectivity index (χ3n) is 10.3. The molecule has 0 saturated carbocycles. The van der Waals surface area contributed by atoms with Crippen LogP contribution in [0.5, 0.6) is 0 Å². The average molecular weight is 967 g/mol. The molecule has 19 nitrogen and oxygen atoms in total. The first kappa shape index (κ1) is 63.4. The van der Waals surface area contributed by atoms with Crippen molar-refractivity contribution in [2.24, 2.45) is 0 Å². The van der Waals surface area contributed by atoms with Crippen molar-refractivity contribution in [3.05, 3.63) is 0 Å². The summed E-state index contributed by atoms with van der Waals surface area (Å²) in [7, 11) is 1.63. The third kappa shape index (κ3) is 25.7. The number of ether oxygens (including phenoxy) is 12. The molecule has 14 atom stereocenters. The minimum atomic E-state index is -3.82. The van der Waals surface area contributed by atoms with Crippen molar-refractivity contribution in [2.45, 2.75) is 235 Å². The van der Waals surface area contributed by atoms with Crippen molar-refractivity contribution in [3.63, 3.8) is 0 Å². The van der Waals surface area contributed by atoms with E-state index in [9.17, 15) is 4.79 Å². The molecule has 384 valence electrons. The van der Waals surface area contributed by atoms with E-state index in [-0.39, 0.29) is 16.9 Å². The highest BCUT2D eigenvalue weighted by atomic mass is 28.4. The standard InChI is InChI=1S/C43H90O19Si2/c1-21-42(63(57-35(9)51-29(3)45-15,58-36(10)52-30(4)46-16)59-37(11)53-31(5)47-17)27-23-25-41(44)26-24-28-43(22-2)64(60-38(12)54-32(6)48-18,61-39(13)55-33(7)49-19)62-40(14)56-34(8)50-20/h29-40,42-43H,21-28H2,1-20H3. The van der Waals surface area contributed by atoms with Gasteiger partial charge in [0.25, 0.3) is 0 Å². The van der Waals surface area contributed by atoms with Gasteiger partial charge in [-0.3, -0.25) is 4.79 Å². The van der Waals surface area contributed by atoms with Crippen LogP contribution in [0.4, 0.5) is 0 Å². The summed E-state index contributed by atoms with van der Waals surface area (Å²) < 4.78 is 108. The van der Waals surface area contributed by atoms with Gasteiger partial charge in [0, 0.05) is 66.6 Å². The molecule has 14 unspecified atom stereocenters. The molecule has 0 bridgehead atoms. The monoisotopic (exact) mass is 967 g/mol. The molecule has 0 aromatic heterocycles. The van der Waals surface area contributed by atoms with E-state index in [0.717, 1.165) is 0 Å². The molecular weight excluding hydrogens is 877 g/mol. The number of methoxy groups -OCH3 is 6. The number of ketones is 1. The summed E-state index contributed by atoms with van der Waals surface area (Å²) in [6.07, 6.45) is -4.27. The first-order valence-corrected chi connectivity index (χ1v) is 26.4. The van der Waals surface area contributed by atoms with Crippen LogP contribution in [0.15, 0.2) is 0 Å². The highest BCUT2D eigenvalue weighted by Gasteiger charge is 2.55. The summed E-state index contributed by atoms with van der Waals surface area (Å²) in [5, 5.41) is 0. The highest BCUT2D eigenvalue weighted by Crippen LogP contribution is 2.39. The molecule has 0 N–H and O–H groups in total. The van der Waals surface area contributed by atoms with E-state index in [0.29, 0.717) is 51.4 Å². The number of carbonyl (C=O) groups excluding carboxylic acids is 1. The Morgan fingerprint density at radius 2 is 0.531 bits per heavy atom. The molecule has 0 aromatic rings. The lowest BCUT2D eigenvalue weighted by molar-refractivity contribution is -0.255. The first-order chi connectivity index (χ1) is 30.1. The van der Waals surface area contributed by atoms with E-state index in [1.807, 2.05) is 13.8 Å². The molecular formula is C43H90O19Si2. The molecule has 21 heteroatoms. The van der Waals surface area contributed by atoms with Crippen LogP contribution >= 0.6 is 0 Å².